The van der Waals surface area contributed by atoms with Crippen molar-refractivity contribution in [1.29, 1.82) is 0 Å². The first-order valence-electron chi connectivity index (χ1n) is 7.09. The van der Waals surface area contributed by atoms with Crippen LogP contribution in [0.1, 0.15) is 19.0 Å². The molecule has 0 N–H and O–H groups in total. The van der Waals surface area contributed by atoms with E-state index in [-0.39, 0.29) is 6.10 Å². The van der Waals surface area contributed by atoms with Crippen LogP contribution in [0.15, 0.2) is 30.3 Å². The summed E-state index contributed by atoms with van der Waals surface area (Å²) in [4.78, 5) is 7.09. The van der Waals surface area contributed by atoms with Crippen molar-refractivity contribution < 1.29 is 4.74 Å². The lowest BCUT2D eigenvalue weighted by Gasteiger charge is -2.25. The fraction of sp³-hybridized carbons (Fsp3) is 0.438. The number of halogens is 1. The number of nitrogens with zero attached hydrogens (tertiary/aromatic N) is 2. The van der Waals surface area contributed by atoms with Crippen LogP contribution in [0.25, 0.3) is 10.8 Å². The van der Waals surface area contributed by atoms with Gasteiger partial charge in [0.2, 0.25) is 0 Å². The Balaban J connectivity index is 2.08. The van der Waals surface area contributed by atoms with E-state index in [0.717, 1.165) is 37.6 Å². The van der Waals surface area contributed by atoms with Gasteiger partial charge in [-0.25, -0.2) is 4.98 Å². The zero-order chi connectivity index (χ0) is 13.9. The number of benzene rings is 1. The predicted octanol–water partition coefficient (Wildman–Crippen LogP) is 3.59. The minimum absolute atomic E-state index is 0.234. The number of rotatable bonds is 2. The SMILES string of the molecule is CC1CN(c2nc(CCl)cc3ccccc23)CCCO1. The number of hydrogen-bond acceptors (Lipinski definition) is 3. The van der Waals surface area contributed by atoms with Gasteiger partial charge in [-0.2, -0.15) is 0 Å². The lowest BCUT2D eigenvalue weighted by Crippen LogP contribution is -2.31. The molecule has 0 spiro atoms. The highest BCUT2D eigenvalue weighted by Gasteiger charge is 2.18. The van der Waals surface area contributed by atoms with E-state index in [4.69, 9.17) is 21.3 Å². The summed E-state index contributed by atoms with van der Waals surface area (Å²) < 4.78 is 5.73. The zero-order valence-electron chi connectivity index (χ0n) is 11.7. The van der Waals surface area contributed by atoms with E-state index in [1.54, 1.807) is 0 Å². The Morgan fingerprint density at radius 1 is 1.40 bits per heavy atom. The molecule has 2 aromatic rings. The molecular formula is C16H19ClN2O. The first-order chi connectivity index (χ1) is 9.78. The Hall–Kier alpha value is -1.32. The van der Waals surface area contributed by atoms with E-state index in [0.29, 0.717) is 5.88 Å². The molecule has 0 saturated carbocycles. The molecule has 1 unspecified atom stereocenters. The van der Waals surface area contributed by atoms with Gasteiger partial charge < -0.3 is 9.64 Å². The average Bonchev–Trinajstić information content (AvgIpc) is 2.70. The minimum Gasteiger partial charge on any atom is -0.377 e. The second-order valence-corrected chi connectivity index (χ2v) is 5.54. The molecule has 1 saturated heterocycles. The molecule has 1 atom stereocenters. The van der Waals surface area contributed by atoms with Gasteiger partial charge in [-0.1, -0.05) is 24.3 Å². The summed E-state index contributed by atoms with van der Waals surface area (Å²) in [6.45, 7) is 4.80. The molecule has 106 valence electrons. The summed E-state index contributed by atoms with van der Waals surface area (Å²) in [7, 11) is 0. The molecular weight excluding hydrogens is 272 g/mol. The van der Waals surface area contributed by atoms with Crippen LogP contribution in [-0.2, 0) is 10.6 Å². The van der Waals surface area contributed by atoms with Gasteiger partial charge in [-0.3, -0.25) is 0 Å². The smallest absolute Gasteiger partial charge is 0.136 e. The molecule has 1 aromatic heterocycles. The largest absolute Gasteiger partial charge is 0.377 e. The van der Waals surface area contributed by atoms with Crippen LogP contribution < -0.4 is 4.90 Å². The number of pyridine rings is 1. The van der Waals surface area contributed by atoms with Crippen molar-refractivity contribution in [2.24, 2.45) is 0 Å². The van der Waals surface area contributed by atoms with Crippen molar-refractivity contribution in [1.82, 2.24) is 4.98 Å². The highest BCUT2D eigenvalue weighted by molar-refractivity contribution is 6.17. The fourth-order valence-corrected chi connectivity index (χ4v) is 2.87. The summed E-state index contributed by atoms with van der Waals surface area (Å²) in [6.07, 6.45) is 1.27. The van der Waals surface area contributed by atoms with Gasteiger partial charge in [0.25, 0.3) is 0 Å². The number of alkyl halides is 1. The number of ether oxygens (including phenoxy) is 1. The number of hydrogen-bond donors (Lipinski definition) is 0. The Morgan fingerprint density at radius 3 is 3.10 bits per heavy atom. The molecule has 4 heteroatoms. The van der Waals surface area contributed by atoms with E-state index in [2.05, 4.69) is 42.2 Å². The van der Waals surface area contributed by atoms with Gasteiger partial charge in [0.05, 0.1) is 17.7 Å². The third-order valence-corrected chi connectivity index (χ3v) is 3.94. The monoisotopic (exact) mass is 290 g/mol. The van der Waals surface area contributed by atoms with Gasteiger partial charge in [-0.05, 0) is 24.8 Å². The summed E-state index contributed by atoms with van der Waals surface area (Å²) in [5.74, 6) is 1.48. The summed E-state index contributed by atoms with van der Waals surface area (Å²) in [6, 6.07) is 10.4. The molecule has 1 fully saturated rings. The summed E-state index contributed by atoms with van der Waals surface area (Å²) in [5, 5.41) is 2.39. The van der Waals surface area contributed by atoms with Gasteiger partial charge in [0, 0.05) is 25.1 Å². The van der Waals surface area contributed by atoms with Crippen molar-refractivity contribution in [3.8, 4) is 0 Å². The van der Waals surface area contributed by atoms with Crippen LogP contribution in [0.2, 0.25) is 0 Å². The maximum atomic E-state index is 5.99. The van der Waals surface area contributed by atoms with Crippen molar-refractivity contribution in [3.05, 3.63) is 36.0 Å². The molecule has 1 aliphatic rings. The van der Waals surface area contributed by atoms with Crippen LogP contribution in [0, 0.1) is 0 Å². The Labute approximate surface area is 124 Å². The fourth-order valence-electron chi connectivity index (χ4n) is 2.73. The molecule has 0 amide bonds. The normalized spacial score (nSPS) is 20.1. The molecule has 1 aromatic carbocycles. The Bertz CT molecular complexity index is 602. The summed E-state index contributed by atoms with van der Waals surface area (Å²) >= 11 is 5.99. The molecule has 3 rings (SSSR count). The second kappa shape index (κ2) is 5.98. The molecule has 3 nitrogen and oxygen atoms in total. The van der Waals surface area contributed by atoms with Crippen LogP contribution >= 0.6 is 11.6 Å². The first-order valence-corrected chi connectivity index (χ1v) is 7.62. The van der Waals surface area contributed by atoms with Gasteiger partial charge in [0.15, 0.2) is 0 Å². The predicted molar refractivity (Wildman–Crippen MR) is 83.5 cm³/mol. The highest BCUT2D eigenvalue weighted by atomic mass is 35.5. The maximum absolute atomic E-state index is 5.99. The van der Waals surface area contributed by atoms with E-state index < -0.39 is 0 Å². The molecule has 2 heterocycles. The van der Waals surface area contributed by atoms with Crippen LogP contribution in [-0.4, -0.2) is 30.8 Å². The lowest BCUT2D eigenvalue weighted by atomic mass is 10.1. The van der Waals surface area contributed by atoms with Crippen LogP contribution in [0.5, 0.6) is 0 Å². The number of anilines is 1. The minimum atomic E-state index is 0.234. The van der Waals surface area contributed by atoms with E-state index in [9.17, 15) is 0 Å². The maximum Gasteiger partial charge on any atom is 0.136 e. The van der Waals surface area contributed by atoms with Crippen molar-refractivity contribution >= 4 is 28.2 Å². The van der Waals surface area contributed by atoms with E-state index >= 15 is 0 Å². The quantitative estimate of drug-likeness (QED) is 0.791. The van der Waals surface area contributed by atoms with Crippen molar-refractivity contribution in [2.45, 2.75) is 25.3 Å². The Kier molecular flexibility index (Phi) is 4.08. The standard InChI is InChI=1S/C16H19ClN2O/c1-12-11-19(7-4-8-20-12)16-15-6-3-2-5-13(15)9-14(10-17)18-16/h2-3,5-6,9,12H,4,7-8,10-11H2,1H3. The van der Waals surface area contributed by atoms with E-state index in [1.165, 1.54) is 10.8 Å². The van der Waals surface area contributed by atoms with Gasteiger partial charge >= 0.3 is 0 Å². The van der Waals surface area contributed by atoms with Crippen molar-refractivity contribution in [3.63, 3.8) is 0 Å². The second-order valence-electron chi connectivity index (χ2n) is 5.27. The van der Waals surface area contributed by atoms with Crippen LogP contribution in [0.3, 0.4) is 0 Å². The number of aromatic nitrogens is 1. The molecule has 0 aliphatic carbocycles. The van der Waals surface area contributed by atoms with Crippen molar-refractivity contribution in [2.75, 3.05) is 24.6 Å². The lowest BCUT2D eigenvalue weighted by molar-refractivity contribution is 0.0820. The summed E-state index contributed by atoms with van der Waals surface area (Å²) in [5.41, 5.74) is 0.929. The molecule has 0 radical (unpaired) electrons. The zero-order valence-corrected chi connectivity index (χ0v) is 12.4. The van der Waals surface area contributed by atoms with E-state index in [1.807, 2.05) is 0 Å². The topological polar surface area (TPSA) is 25.4 Å². The first kappa shape index (κ1) is 13.7. The van der Waals surface area contributed by atoms with Gasteiger partial charge in [-0.15, -0.1) is 11.6 Å². The molecule has 0 bridgehead atoms. The number of fused-ring (bicyclic) bond motifs is 1. The van der Waals surface area contributed by atoms with Crippen LogP contribution in [0.4, 0.5) is 5.82 Å². The third-order valence-electron chi connectivity index (χ3n) is 3.66. The highest BCUT2D eigenvalue weighted by Crippen LogP contribution is 2.27. The molecule has 1 aliphatic heterocycles. The van der Waals surface area contributed by atoms with Gasteiger partial charge in [0.1, 0.15) is 5.82 Å². The third kappa shape index (κ3) is 2.74. The average molecular weight is 291 g/mol. The molecule has 20 heavy (non-hydrogen) atoms. The Morgan fingerprint density at radius 2 is 2.25 bits per heavy atom.